The Morgan fingerprint density at radius 1 is 1.39 bits per heavy atom. The van der Waals surface area contributed by atoms with E-state index in [0.29, 0.717) is 11.3 Å². The Bertz CT molecular complexity index is 824. The van der Waals surface area contributed by atoms with Gasteiger partial charge < -0.3 is 9.57 Å². The molecule has 9 heteroatoms. The summed E-state index contributed by atoms with van der Waals surface area (Å²) in [5, 5.41) is 8.16. The Morgan fingerprint density at radius 2 is 2.14 bits per heavy atom. The number of carbonyl (C=O) groups excluding carboxylic acids is 1. The molecule has 28 heavy (non-hydrogen) atoms. The Balaban J connectivity index is 2.24. The van der Waals surface area contributed by atoms with E-state index in [0.717, 1.165) is 6.42 Å². The maximum Gasteiger partial charge on any atom is 0.303 e. The standard InChI is InChI=1S/C19H26N6O3/c1-19(2,3)10-15(25-13-21-12-22-25)11-23-28-17(18(26)24-20)9-14-7-5-6-8-16(14)27-4/h5-9,11-13,15H,10,20H2,1-4H3,(H,24,26)/b17-9?,23-11-. The number of hydrogen-bond donors (Lipinski definition) is 2. The van der Waals surface area contributed by atoms with Crippen LogP contribution in [0.15, 0.2) is 47.8 Å². The van der Waals surface area contributed by atoms with Crippen molar-refractivity contribution in [2.45, 2.75) is 33.2 Å². The normalized spacial score (nSPS) is 13.4. The smallest absolute Gasteiger partial charge is 0.303 e. The lowest BCUT2D eigenvalue weighted by Gasteiger charge is -2.23. The second-order valence-electron chi connectivity index (χ2n) is 7.28. The number of nitrogens with zero attached hydrogens (tertiary/aromatic N) is 4. The van der Waals surface area contributed by atoms with Crippen LogP contribution in [0.2, 0.25) is 0 Å². The van der Waals surface area contributed by atoms with Crippen LogP contribution in [0.25, 0.3) is 6.08 Å². The highest BCUT2D eigenvalue weighted by Crippen LogP contribution is 2.26. The molecular formula is C19H26N6O3. The van der Waals surface area contributed by atoms with Crippen molar-refractivity contribution in [2.24, 2.45) is 16.4 Å². The first-order valence-electron chi connectivity index (χ1n) is 8.74. The summed E-state index contributed by atoms with van der Waals surface area (Å²) in [4.78, 5) is 21.4. The van der Waals surface area contributed by atoms with Gasteiger partial charge in [-0.25, -0.2) is 15.5 Å². The number of hydrogen-bond acceptors (Lipinski definition) is 7. The van der Waals surface area contributed by atoms with E-state index in [-0.39, 0.29) is 17.2 Å². The summed E-state index contributed by atoms with van der Waals surface area (Å²) >= 11 is 0. The SMILES string of the molecule is COc1ccccc1C=C(O/N=C\C(CC(C)(C)C)n1cncn1)C(=O)NN. The Labute approximate surface area is 164 Å². The molecule has 0 radical (unpaired) electrons. The highest BCUT2D eigenvalue weighted by Gasteiger charge is 2.20. The van der Waals surface area contributed by atoms with Gasteiger partial charge in [-0.1, -0.05) is 44.1 Å². The molecule has 0 spiro atoms. The number of ether oxygens (including phenoxy) is 1. The number of nitrogens with one attached hydrogen (secondary N) is 1. The van der Waals surface area contributed by atoms with Crippen LogP contribution < -0.4 is 16.0 Å². The van der Waals surface area contributed by atoms with Gasteiger partial charge in [-0.2, -0.15) is 5.10 Å². The maximum absolute atomic E-state index is 12.1. The van der Waals surface area contributed by atoms with Crippen LogP contribution in [0.3, 0.4) is 0 Å². The zero-order valence-electron chi connectivity index (χ0n) is 16.5. The zero-order chi connectivity index (χ0) is 20.6. The molecule has 0 saturated carbocycles. The third-order valence-electron chi connectivity index (χ3n) is 3.76. The fourth-order valence-corrected chi connectivity index (χ4v) is 2.52. The van der Waals surface area contributed by atoms with Gasteiger partial charge in [0.1, 0.15) is 18.4 Å². The minimum Gasteiger partial charge on any atom is -0.496 e. The van der Waals surface area contributed by atoms with Gasteiger partial charge in [0, 0.05) is 11.6 Å². The van der Waals surface area contributed by atoms with Crippen molar-refractivity contribution in [2.75, 3.05) is 7.11 Å². The number of nitrogens with two attached hydrogens (primary N) is 1. The number of hydrazine groups is 1. The minimum absolute atomic E-state index is 0.0212. The van der Waals surface area contributed by atoms with Crippen LogP contribution in [0.4, 0.5) is 0 Å². The van der Waals surface area contributed by atoms with Crippen LogP contribution in [0.5, 0.6) is 5.75 Å². The number of amides is 1. The summed E-state index contributed by atoms with van der Waals surface area (Å²) in [6.07, 6.45) is 6.91. The second kappa shape index (κ2) is 9.65. The summed E-state index contributed by atoms with van der Waals surface area (Å²) in [6, 6.07) is 7.02. The van der Waals surface area contributed by atoms with Crippen LogP contribution >= 0.6 is 0 Å². The van der Waals surface area contributed by atoms with Crippen molar-refractivity contribution < 1.29 is 14.4 Å². The van der Waals surface area contributed by atoms with E-state index in [1.165, 1.54) is 12.4 Å². The Hall–Kier alpha value is -3.20. The third-order valence-corrected chi connectivity index (χ3v) is 3.76. The quantitative estimate of drug-likeness (QED) is 0.180. The number of para-hydroxylation sites is 1. The Kier molecular flexibility index (Phi) is 7.28. The summed E-state index contributed by atoms with van der Waals surface area (Å²) < 4.78 is 6.97. The molecule has 1 aromatic heterocycles. The van der Waals surface area contributed by atoms with E-state index < -0.39 is 5.91 Å². The number of oxime groups is 1. The number of benzene rings is 1. The van der Waals surface area contributed by atoms with Gasteiger partial charge in [-0.15, -0.1) is 0 Å². The summed E-state index contributed by atoms with van der Waals surface area (Å²) in [6.45, 7) is 6.33. The van der Waals surface area contributed by atoms with Gasteiger partial charge in [0.2, 0.25) is 5.76 Å². The average molecular weight is 386 g/mol. The molecule has 0 aliphatic carbocycles. The lowest BCUT2D eigenvalue weighted by atomic mass is 9.88. The molecule has 2 rings (SSSR count). The number of carbonyl (C=O) groups is 1. The highest BCUT2D eigenvalue weighted by molar-refractivity contribution is 5.95. The molecule has 1 unspecified atom stereocenters. The molecular weight excluding hydrogens is 360 g/mol. The van der Waals surface area contributed by atoms with Crippen molar-refractivity contribution in [1.82, 2.24) is 20.2 Å². The molecule has 2 aromatic rings. The highest BCUT2D eigenvalue weighted by atomic mass is 16.6. The van der Waals surface area contributed by atoms with Crippen molar-refractivity contribution in [3.05, 3.63) is 48.2 Å². The molecule has 0 aliphatic heterocycles. The van der Waals surface area contributed by atoms with Gasteiger partial charge in [0.15, 0.2) is 0 Å². The van der Waals surface area contributed by atoms with Gasteiger partial charge in [0.05, 0.1) is 19.4 Å². The van der Waals surface area contributed by atoms with Gasteiger partial charge in [0.25, 0.3) is 0 Å². The van der Waals surface area contributed by atoms with Crippen molar-refractivity contribution >= 4 is 18.2 Å². The van der Waals surface area contributed by atoms with E-state index in [9.17, 15) is 4.79 Å². The minimum atomic E-state index is -0.615. The average Bonchev–Trinajstić information content (AvgIpc) is 3.20. The molecule has 0 bridgehead atoms. The second-order valence-corrected chi connectivity index (χ2v) is 7.28. The van der Waals surface area contributed by atoms with Crippen LogP contribution in [-0.4, -0.2) is 34.0 Å². The van der Waals surface area contributed by atoms with Crippen molar-refractivity contribution in [1.29, 1.82) is 0 Å². The molecule has 1 heterocycles. The zero-order valence-corrected chi connectivity index (χ0v) is 16.5. The van der Waals surface area contributed by atoms with E-state index in [4.69, 9.17) is 15.4 Å². The third kappa shape index (κ3) is 6.20. The number of aromatic nitrogens is 3. The number of methoxy groups -OCH3 is 1. The maximum atomic E-state index is 12.1. The van der Waals surface area contributed by atoms with Crippen molar-refractivity contribution in [3.63, 3.8) is 0 Å². The van der Waals surface area contributed by atoms with E-state index >= 15 is 0 Å². The largest absolute Gasteiger partial charge is 0.496 e. The van der Waals surface area contributed by atoms with Crippen molar-refractivity contribution in [3.8, 4) is 5.75 Å². The fraction of sp³-hybridized carbons (Fsp3) is 0.368. The van der Waals surface area contributed by atoms with Gasteiger partial charge in [-0.3, -0.25) is 10.2 Å². The monoisotopic (exact) mass is 386 g/mol. The molecule has 0 aliphatic rings. The topological polar surface area (TPSA) is 117 Å². The molecule has 1 aromatic carbocycles. The first-order valence-corrected chi connectivity index (χ1v) is 8.74. The lowest BCUT2D eigenvalue weighted by molar-refractivity contribution is -0.120. The summed E-state index contributed by atoms with van der Waals surface area (Å²) in [7, 11) is 1.55. The molecule has 150 valence electrons. The van der Waals surface area contributed by atoms with Gasteiger partial charge >= 0.3 is 5.91 Å². The van der Waals surface area contributed by atoms with Crippen LogP contribution in [0.1, 0.15) is 38.8 Å². The van der Waals surface area contributed by atoms with E-state index in [1.54, 1.807) is 36.5 Å². The predicted molar refractivity (Wildman–Crippen MR) is 106 cm³/mol. The Morgan fingerprint density at radius 3 is 2.75 bits per heavy atom. The first-order chi connectivity index (χ1) is 13.3. The first kappa shape index (κ1) is 21.1. The number of rotatable bonds is 8. The molecule has 0 saturated heterocycles. The van der Waals surface area contributed by atoms with E-state index in [1.807, 2.05) is 12.1 Å². The van der Waals surface area contributed by atoms with Crippen LogP contribution in [0, 0.1) is 5.41 Å². The molecule has 1 amide bonds. The molecule has 1 atom stereocenters. The van der Waals surface area contributed by atoms with Crippen LogP contribution in [-0.2, 0) is 9.63 Å². The molecule has 9 nitrogen and oxygen atoms in total. The summed E-state index contributed by atoms with van der Waals surface area (Å²) in [5.41, 5.74) is 2.73. The van der Waals surface area contributed by atoms with Gasteiger partial charge in [-0.05, 0) is 17.9 Å². The predicted octanol–water partition coefficient (Wildman–Crippen LogP) is 2.30. The lowest BCUT2D eigenvalue weighted by Crippen LogP contribution is -2.31. The summed E-state index contributed by atoms with van der Waals surface area (Å²) in [5.74, 6) is 5.16. The molecule has 0 fully saturated rings. The van der Waals surface area contributed by atoms with E-state index in [2.05, 4.69) is 41.4 Å². The molecule has 3 N–H and O–H groups in total. The fourth-order valence-electron chi connectivity index (χ4n) is 2.52.